The molecule has 1 fully saturated rings. The number of carbonyl (C=O) groups is 3. The van der Waals surface area contributed by atoms with Gasteiger partial charge in [0.05, 0.1) is 13.5 Å². The predicted octanol–water partition coefficient (Wildman–Crippen LogP) is 0.138. The van der Waals surface area contributed by atoms with Crippen molar-refractivity contribution in [1.82, 2.24) is 9.21 Å². The molecule has 3 rings (SSSR count). The van der Waals surface area contributed by atoms with Gasteiger partial charge in [-0.25, -0.2) is 12.7 Å². The van der Waals surface area contributed by atoms with Crippen LogP contribution in [0.15, 0.2) is 17.0 Å². The van der Waals surface area contributed by atoms with Gasteiger partial charge < -0.3 is 4.74 Å². The molecule has 1 aromatic rings. The van der Waals surface area contributed by atoms with Crippen molar-refractivity contribution in [1.29, 1.82) is 0 Å². The first kappa shape index (κ1) is 16.4. The van der Waals surface area contributed by atoms with Gasteiger partial charge in [-0.15, -0.1) is 0 Å². The van der Waals surface area contributed by atoms with E-state index in [9.17, 15) is 22.8 Å². The van der Waals surface area contributed by atoms with Crippen LogP contribution in [0.1, 0.15) is 24.5 Å². The average Bonchev–Trinajstić information content (AvgIpc) is 2.82. The quantitative estimate of drug-likeness (QED) is 0.666. The second kappa shape index (κ2) is 4.79. The molecule has 2 aliphatic rings. The van der Waals surface area contributed by atoms with E-state index >= 15 is 0 Å². The van der Waals surface area contributed by atoms with Crippen LogP contribution in [0.25, 0.3) is 0 Å². The summed E-state index contributed by atoms with van der Waals surface area (Å²) in [7, 11) is -1.74. The lowest BCUT2D eigenvalue weighted by molar-refractivity contribution is -0.143. The Balaban J connectivity index is 2.48. The number of hydrogen-bond acceptors (Lipinski definition) is 6. The first-order valence-electron chi connectivity index (χ1n) is 7.15. The Morgan fingerprint density at radius 3 is 2.38 bits per heavy atom. The van der Waals surface area contributed by atoms with Gasteiger partial charge in [-0.1, -0.05) is 6.07 Å². The number of rotatable bonds is 1. The molecule has 0 aliphatic carbocycles. The topological polar surface area (TPSA) is 101 Å². The highest BCUT2D eigenvalue weighted by atomic mass is 32.2. The van der Waals surface area contributed by atoms with Crippen molar-refractivity contribution in [3.05, 3.63) is 23.3 Å². The number of hydrogen-bond donors (Lipinski definition) is 0. The number of likely N-dealkylation sites (N-methyl/N-ethyl adjacent to an activating group) is 1. The molecular formula is C15H16N2O6S. The minimum absolute atomic E-state index is 0.0444. The summed E-state index contributed by atoms with van der Waals surface area (Å²) in [6.07, 6.45) is -0.416. The van der Waals surface area contributed by atoms with E-state index in [2.05, 4.69) is 0 Å². The number of methoxy groups -OCH3 is 1. The highest BCUT2D eigenvalue weighted by molar-refractivity contribution is 7.90. The van der Waals surface area contributed by atoms with Gasteiger partial charge in [0.2, 0.25) is 11.8 Å². The fraction of sp³-hybridized carbons (Fsp3) is 0.400. The summed E-state index contributed by atoms with van der Waals surface area (Å²) in [5.41, 5.74) is -1.11. The summed E-state index contributed by atoms with van der Waals surface area (Å²) in [4.78, 5) is 37.7. The van der Waals surface area contributed by atoms with Gasteiger partial charge in [0.25, 0.3) is 15.9 Å². The molecule has 1 aromatic carbocycles. The number of likely N-dealkylation sites (tertiary alicyclic amines) is 1. The van der Waals surface area contributed by atoms with Crippen molar-refractivity contribution in [2.24, 2.45) is 0 Å². The third-order valence-corrected chi connectivity index (χ3v) is 6.42. The average molecular weight is 352 g/mol. The molecule has 0 N–H and O–H groups in total. The van der Waals surface area contributed by atoms with Crippen molar-refractivity contribution in [2.75, 3.05) is 14.2 Å². The fourth-order valence-electron chi connectivity index (χ4n) is 3.48. The van der Waals surface area contributed by atoms with E-state index in [0.717, 1.165) is 11.8 Å². The van der Waals surface area contributed by atoms with Crippen molar-refractivity contribution in [3.63, 3.8) is 0 Å². The van der Waals surface area contributed by atoms with Crippen LogP contribution in [0.4, 0.5) is 0 Å². The van der Waals surface area contributed by atoms with Crippen LogP contribution in [0.5, 0.6) is 5.75 Å². The zero-order chi connectivity index (χ0) is 18.0. The summed E-state index contributed by atoms with van der Waals surface area (Å²) in [6, 6.07) is 3.03. The number of imide groups is 1. The Bertz CT molecular complexity index is 907. The molecule has 8 nitrogen and oxygen atoms in total. The number of aryl methyl sites for hydroxylation is 1. The number of benzene rings is 1. The summed E-state index contributed by atoms with van der Waals surface area (Å²) in [6.45, 7) is 2.77. The highest BCUT2D eigenvalue weighted by Gasteiger charge is 2.66. The van der Waals surface area contributed by atoms with Gasteiger partial charge in [-0.3, -0.25) is 19.3 Å². The predicted molar refractivity (Wildman–Crippen MR) is 81.5 cm³/mol. The standard InChI is InChI=1S/C15H16N2O6S/c1-8-5-10-13(11(6-8)23-4)24(21,22)17(9(2)18)15(10)7-12(19)16(3)14(15)20/h5-6H,7H2,1-4H3. The minimum Gasteiger partial charge on any atom is -0.495 e. The molecule has 0 bridgehead atoms. The maximum absolute atomic E-state index is 13.0. The Morgan fingerprint density at radius 2 is 1.92 bits per heavy atom. The summed E-state index contributed by atoms with van der Waals surface area (Å²) >= 11 is 0. The SMILES string of the molecule is COc1cc(C)cc2c1S(=O)(=O)N(C(C)=O)C21CC(=O)N(C)C1=O. The maximum atomic E-state index is 13.0. The van der Waals surface area contributed by atoms with Crippen molar-refractivity contribution in [3.8, 4) is 5.75 Å². The molecule has 1 spiro atoms. The lowest BCUT2D eigenvalue weighted by Crippen LogP contribution is -2.51. The van der Waals surface area contributed by atoms with E-state index in [-0.39, 0.29) is 16.2 Å². The van der Waals surface area contributed by atoms with E-state index < -0.39 is 39.7 Å². The Labute approximate surface area is 139 Å². The molecule has 24 heavy (non-hydrogen) atoms. The van der Waals surface area contributed by atoms with Crippen LogP contribution in [0.3, 0.4) is 0 Å². The van der Waals surface area contributed by atoms with Crippen LogP contribution in [-0.4, -0.2) is 49.5 Å². The lowest BCUT2D eigenvalue weighted by Gasteiger charge is -2.30. The molecule has 0 radical (unpaired) electrons. The maximum Gasteiger partial charge on any atom is 0.271 e. The first-order chi connectivity index (χ1) is 11.1. The van der Waals surface area contributed by atoms with Crippen LogP contribution in [0.2, 0.25) is 0 Å². The molecule has 128 valence electrons. The molecule has 3 amide bonds. The lowest BCUT2D eigenvalue weighted by atomic mass is 9.86. The fourth-order valence-corrected chi connectivity index (χ4v) is 5.56. The van der Waals surface area contributed by atoms with E-state index in [1.807, 2.05) is 0 Å². The number of fused-ring (bicyclic) bond motifs is 2. The van der Waals surface area contributed by atoms with Crippen LogP contribution >= 0.6 is 0 Å². The third kappa shape index (κ3) is 1.73. The van der Waals surface area contributed by atoms with Crippen LogP contribution < -0.4 is 4.74 Å². The number of sulfonamides is 1. The third-order valence-electron chi connectivity index (χ3n) is 4.44. The zero-order valence-corrected chi connectivity index (χ0v) is 14.4. The molecule has 2 aliphatic heterocycles. The molecule has 2 heterocycles. The number of ether oxygens (including phenoxy) is 1. The minimum atomic E-state index is -4.32. The summed E-state index contributed by atoms with van der Waals surface area (Å²) in [5.74, 6) is -2.07. The van der Waals surface area contributed by atoms with Crippen molar-refractivity contribution >= 4 is 27.7 Å². The summed E-state index contributed by atoms with van der Waals surface area (Å²) in [5, 5.41) is 0. The molecule has 1 saturated heterocycles. The summed E-state index contributed by atoms with van der Waals surface area (Å²) < 4.78 is 31.7. The van der Waals surface area contributed by atoms with Crippen molar-refractivity contribution in [2.45, 2.75) is 30.7 Å². The van der Waals surface area contributed by atoms with E-state index in [1.165, 1.54) is 26.3 Å². The van der Waals surface area contributed by atoms with Gasteiger partial charge in [0, 0.05) is 19.5 Å². The van der Waals surface area contributed by atoms with E-state index in [1.54, 1.807) is 6.92 Å². The van der Waals surface area contributed by atoms with Crippen LogP contribution in [-0.2, 0) is 29.9 Å². The Hall–Kier alpha value is -2.42. The second-order valence-corrected chi connectivity index (χ2v) is 7.65. The smallest absolute Gasteiger partial charge is 0.271 e. The van der Waals surface area contributed by atoms with Crippen molar-refractivity contribution < 1.29 is 27.5 Å². The first-order valence-corrected chi connectivity index (χ1v) is 8.59. The Kier molecular flexibility index (Phi) is 3.28. The van der Waals surface area contributed by atoms with E-state index in [4.69, 9.17) is 4.74 Å². The Morgan fingerprint density at radius 1 is 1.29 bits per heavy atom. The van der Waals surface area contributed by atoms with Crippen LogP contribution in [0, 0.1) is 6.92 Å². The molecule has 1 unspecified atom stereocenters. The largest absolute Gasteiger partial charge is 0.495 e. The number of carbonyl (C=O) groups excluding carboxylic acids is 3. The van der Waals surface area contributed by atoms with Gasteiger partial charge in [-0.05, 0) is 18.6 Å². The van der Waals surface area contributed by atoms with Gasteiger partial charge >= 0.3 is 0 Å². The highest BCUT2D eigenvalue weighted by Crippen LogP contribution is 2.53. The zero-order valence-electron chi connectivity index (χ0n) is 13.6. The molecular weight excluding hydrogens is 336 g/mol. The van der Waals surface area contributed by atoms with Gasteiger partial charge in [0.15, 0.2) is 5.54 Å². The molecule has 0 saturated carbocycles. The molecule has 9 heteroatoms. The van der Waals surface area contributed by atoms with E-state index in [0.29, 0.717) is 9.87 Å². The number of amides is 3. The second-order valence-electron chi connectivity index (χ2n) is 5.93. The monoisotopic (exact) mass is 352 g/mol. The number of nitrogens with zero attached hydrogens (tertiary/aromatic N) is 2. The normalized spacial score (nSPS) is 24.7. The molecule has 0 aromatic heterocycles. The van der Waals surface area contributed by atoms with Gasteiger partial charge in [-0.2, -0.15) is 0 Å². The molecule has 1 atom stereocenters. The van der Waals surface area contributed by atoms with Gasteiger partial charge in [0.1, 0.15) is 10.6 Å².